The molecule has 4 rings (SSSR count). The summed E-state index contributed by atoms with van der Waals surface area (Å²) in [5.74, 6) is -0.477. The van der Waals surface area contributed by atoms with Crippen LogP contribution in [0.4, 0.5) is 4.39 Å². The number of carbonyl (C=O) groups is 2. The predicted octanol–water partition coefficient (Wildman–Crippen LogP) is 1.66. The van der Waals surface area contributed by atoms with Gasteiger partial charge in [0.2, 0.25) is 11.8 Å². The Labute approximate surface area is 196 Å². The molecular formula is C21H26FN5O4S2. The summed E-state index contributed by atoms with van der Waals surface area (Å²) in [5.41, 5.74) is 0.371. The molecule has 2 aliphatic rings. The van der Waals surface area contributed by atoms with Gasteiger partial charge in [-0.2, -0.15) is 0 Å². The number of carbonyl (C=O) groups excluding carboxylic acids is 2. The molecule has 1 saturated carbocycles. The molecule has 178 valence electrons. The fraction of sp³-hybridized carbons (Fsp3) is 0.524. The Balaban J connectivity index is 1.38. The molecule has 1 aromatic heterocycles. The second kappa shape index (κ2) is 9.80. The predicted molar refractivity (Wildman–Crippen MR) is 122 cm³/mol. The third kappa shape index (κ3) is 5.72. The van der Waals surface area contributed by atoms with Crippen molar-refractivity contribution in [3.63, 3.8) is 0 Å². The molecule has 0 bridgehead atoms. The van der Waals surface area contributed by atoms with E-state index in [-0.39, 0.29) is 47.5 Å². The fourth-order valence-electron chi connectivity index (χ4n) is 3.81. The lowest BCUT2D eigenvalue weighted by molar-refractivity contribution is -0.134. The van der Waals surface area contributed by atoms with Gasteiger partial charge in [0.15, 0.2) is 20.8 Å². The first-order valence-electron chi connectivity index (χ1n) is 10.9. The molecule has 1 N–H and O–H groups in total. The lowest BCUT2D eigenvalue weighted by atomic mass is 10.2. The first-order valence-corrected chi connectivity index (χ1v) is 13.7. The Hall–Kier alpha value is -2.47. The number of likely N-dealkylation sites (N-methyl/N-ethyl adjacent to an activating group) is 1. The molecule has 0 radical (unpaired) electrons. The van der Waals surface area contributed by atoms with Crippen molar-refractivity contribution in [1.82, 2.24) is 25.0 Å². The topological polar surface area (TPSA) is 114 Å². The van der Waals surface area contributed by atoms with Gasteiger partial charge in [0, 0.05) is 18.6 Å². The maximum Gasteiger partial charge on any atom is 0.239 e. The first kappa shape index (κ1) is 23.7. The van der Waals surface area contributed by atoms with E-state index < -0.39 is 15.9 Å². The number of halogens is 1. The van der Waals surface area contributed by atoms with Gasteiger partial charge in [0.25, 0.3) is 0 Å². The van der Waals surface area contributed by atoms with E-state index in [0.29, 0.717) is 29.5 Å². The summed E-state index contributed by atoms with van der Waals surface area (Å²) in [5, 5.41) is 11.6. The van der Waals surface area contributed by atoms with Crippen LogP contribution in [0.2, 0.25) is 0 Å². The minimum atomic E-state index is -3.09. The van der Waals surface area contributed by atoms with Crippen LogP contribution in [-0.2, 0) is 19.4 Å². The minimum Gasteiger partial charge on any atom is -0.351 e. The van der Waals surface area contributed by atoms with Crippen molar-refractivity contribution >= 4 is 33.4 Å². The zero-order valence-corrected chi connectivity index (χ0v) is 19.9. The average molecular weight is 496 g/mol. The van der Waals surface area contributed by atoms with Crippen LogP contribution in [-0.4, -0.2) is 76.3 Å². The lowest BCUT2D eigenvalue weighted by Crippen LogP contribution is -2.45. The molecular weight excluding hydrogens is 469 g/mol. The molecule has 2 heterocycles. The second-order valence-electron chi connectivity index (χ2n) is 8.25. The van der Waals surface area contributed by atoms with E-state index in [1.165, 1.54) is 22.7 Å². The highest BCUT2D eigenvalue weighted by molar-refractivity contribution is 7.99. The Kier molecular flexibility index (Phi) is 7.03. The van der Waals surface area contributed by atoms with Crippen molar-refractivity contribution in [2.24, 2.45) is 0 Å². The van der Waals surface area contributed by atoms with E-state index in [0.717, 1.165) is 12.8 Å². The lowest BCUT2D eigenvalue weighted by Gasteiger charge is -2.21. The number of thioether (sulfide) groups is 1. The van der Waals surface area contributed by atoms with Gasteiger partial charge in [-0.15, -0.1) is 10.2 Å². The van der Waals surface area contributed by atoms with E-state index >= 15 is 0 Å². The van der Waals surface area contributed by atoms with E-state index in [2.05, 4.69) is 15.5 Å². The number of benzene rings is 1. The summed E-state index contributed by atoms with van der Waals surface area (Å²) in [6, 6.07) is 6.17. The molecule has 33 heavy (non-hydrogen) atoms. The molecule has 2 amide bonds. The van der Waals surface area contributed by atoms with Crippen molar-refractivity contribution in [2.45, 2.75) is 43.4 Å². The van der Waals surface area contributed by atoms with Crippen LogP contribution in [0.3, 0.4) is 0 Å². The van der Waals surface area contributed by atoms with E-state index in [1.807, 2.05) is 4.57 Å². The van der Waals surface area contributed by atoms with Crippen molar-refractivity contribution in [1.29, 1.82) is 0 Å². The van der Waals surface area contributed by atoms with Gasteiger partial charge in [-0.25, -0.2) is 12.8 Å². The maximum atomic E-state index is 14.3. The number of nitrogens with one attached hydrogen (secondary N) is 1. The van der Waals surface area contributed by atoms with Crippen LogP contribution in [0, 0.1) is 5.82 Å². The number of nitrogens with zero attached hydrogens (tertiary/aromatic N) is 4. The Morgan fingerprint density at radius 3 is 2.64 bits per heavy atom. The quantitative estimate of drug-likeness (QED) is 0.526. The van der Waals surface area contributed by atoms with Gasteiger partial charge in [-0.3, -0.25) is 14.2 Å². The molecule has 2 aromatic rings. The molecule has 1 saturated heterocycles. The van der Waals surface area contributed by atoms with Gasteiger partial charge >= 0.3 is 0 Å². The van der Waals surface area contributed by atoms with Crippen molar-refractivity contribution < 1.29 is 22.4 Å². The smallest absolute Gasteiger partial charge is 0.239 e. The number of amides is 2. The van der Waals surface area contributed by atoms with Crippen LogP contribution in [0.1, 0.15) is 32.2 Å². The van der Waals surface area contributed by atoms with Gasteiger partial charge < -0.3 is 10.2 Å². The highest BCUT2D eigenvalue weighted by atomic mass is 32.2. The molecule has 9 nitrogen and oxygen atoms in total. The number of sulfone groups is 1. The first-order chi connectivity index (χ1) is 15.8. The highest BCUT2D eigenvalue weighted by Crippen LogP contribution is 2.41. The molecule has 12 heteroatoms. The Morgan fingerprint density at radius 2 is 2.00 bits per heavy atom. The van der Waals surface area contributed by atoms with Crippen molar-refractivity contribution in [3.05, 3.63) is 30.1 Å². The summed E-state index contributed by atoms with van der Waals surface area (Å²) in [6.45, 7) is 1.98. The summed E-state index contributed by atoms with van der Waals surface area (Å²) in [7, 11) is -3.09. The number of aromatic nitrogens is 3. The van der Waals surface area contributed by atoms with Crippen LogP contribution in [0.5, 0.6) is 0 Å². The van der Waals surface area contributed by atoms with Gasteiger partial charge in [-0.05, 0) is 38.3 Å². The van der Waals surface area contributed by atoms with Gasteiger partial charge in [-0.1, -0.05) is 23.9 Å². The highest BCUT2D eigenvalue weighted by Gasteiger charge is 2.32. The molecule has 1 unspecified atom stereocenters. The average Bonchev–Trinajstić information content (AvgIpc) is 3.44. The number of rotatable bonds is 9. The Morgan fingerprint density at radius 1 is 1.24 bits per heavy atom. The number of hydrogen-bond acceptors (Lipinski definition) is 7. The molecule has 0 spiro atoms. The molecule has 2 fully saturated rings. The monoisotopic (exact) mass is 495 g/mol. The summed E-state index contributed by atoms with van der Waals surface area (Å²) < 4.78 is 39.3. The number of hydrogen-bond donors (Lipinski definition) is 1. The third-order valence-corrected chi connectivity index (χ3v) is 8.38. The fourth-order valence-corrected chi connectivity index (χ4v) is 6.39. The minimum absolute atomic E-state index is 0.0566. The largest absolute Gasteiger partial charge is 0.351 e. The van der Waals surface area contributed by atoms with Crippen LogP contribution in [0.15, 0.2) is 29.4 Å². The van der Waals surface area contributed by atoms with Gasteiger partial charge in [0.05, 0.1) is 29.4 Å². The maximum absolute atomic E-state index is 14.3. The summed E-state index contributed by atoms with van der Waals surface area (Å²) >= 11 is 1.21. The van der Waals surface area contributed by atoms with Crippen LogP contribution >= 0.6 is 11.8 Å². The van der Waals surface area contributed by atoms with Crippen molar-refractivity contribution in [2.75, 3.05) is 30.3 Å². The Bertz CT molecular complexity index is 1150. The summed E-state index contributed by atoms with van der Waals surface area (Å²) in [4.78, 5) is 26.5. The molecule has 1 aliphatic carbocycles. The van der Waals surface area contributed by atoms with Crippen LogP contribution in [0.25, 0.3) is 11.4 Å². The van der Waals surface area contributed by atoms with Crippen LogP contribution < -0.4 is 5.32 Å². The normalized spacial score (nSPS) is 19.4. The van der Waals surface area contributed by atoms with E-state index in [1.54, 1.807) is 25.1 Å². The second-order valence-corrected chi connectivity index (χ2v) is 11.4. The molecule has 1 aliphatic heterocycles. The van der Waals surface area contributed by atoms with E-state index in [9.17, 15) is 22.4 Å². The van der Waals surface area contributed by atoms with Crippen molar-refractivity contribution in [3.8, 4) is 11.4 Å². The zero-order chi connectivity index (χ0) is 23.6. The van der Waals surface area contributed by atoms with Gasteiger partial charge in [0.1, 0.15) is 5.82 Å². The molecule has 1 aromatic carbocycles. The standard InChI is InChI=1S/C21H26FN5O4S2/c1-2-26(11-18(28)23-14-9-10-33(30,31)13-14)19(29)12-32-21-25-24-20(27(21)15-7-8-15)16-5-3-4-6-17(16)22/h3-6,14-15H,2,7-13H2,1H3,(H,23,28). The third-order valence-electron chi connectivity index (χ3n) is 5.68. The van der Waals surface area contributed by atoms with E-state index in [4.69, 9.17) is 0 Å². The SMILES string of the molecule is CCN(CC(=O)NC1CCS(=O)(=O)C1)C(=O)CSc1nnc(-c2ccccc2F)n1C1CC1. The zero-order valence-electron chi connectivity index (χ0n) is 18.2. The molecule has 1 atom stereocenters. The summed E-state index contributed by atoms with van der Waals surface area (Å²) in [6.07, 6.45) is 2.28.